The van der Waals surface area contributed by atoms with E-state index in [4.69, 9.17) is 4.74 Å². The summed E-state index contributed by atoms with van der Waals surface area (Å²) in [6.45, 7) is 7.32. The zero-order valence-corrected chi connectivity index (χ0v) is 13.4. The van der Waals surface area contributed by atoms with Crippen molar-refractivity contribution in [3.05, 3.63) is 33.8 Å². The molecular weight excluding hydrogens is 320 g/mol. The first-order chi connectivity index (χ1) is 9.68. The van der Waals surface area contributed by atoms with Crippen LogP contribution in [0, 0.1) is 6.92 Å². The molecule has 0 spiro atoms. The number of nitrogens with one attached hydrogen (secondary N) is 1. The number of carbonyl (C=O) groups excluding carboxylic acids is 1. The van der Waals surface area contributed by atoms with Gasteiger partial charge in [0.15, 0.2) is 0 Å². The maximum absolute atomic E-state index is 12.1. The number of carbonyl (C=O) groups is 1. The maximum Gasteiger partial charge on any atom is 0.251 e. The Labute approximate surface area is 128 Å². The highest BCUT2D eigenvalue weighted by Gasteiger charge is 2.11. The molecule has 1 aliphatic heterocycles. The Morgan fingerprint density at radius 2 is 2.15 bits per heavy atom. The van der Waals surface area contributed by atoms with Crippen molar-refractivity contribution in [3.8, 4) is 0 Å². The molecule has 1 aromatic rings. The highest BCUT2D eigenvalue weighted by molar-refractivity contribution is 9.10. The third-order valence-corrected chi connectivity index (χ3v) is 4.41. The van der Waals surface area contributed by atoms with Crippen LogP contribution < -0.4 is 5.32 Å². The van der Waals surface area contributed by atoms with Gasteiger partial charge in [-0.05, 0) is 37.6 Å². The summed E-state index contributed by atoms with van der Waals surface area (Å²) in [5, 5.41) is 2.99. The largest absolute Gasteiger partial charge is 0.379 e. The molecule has 5 heteroatoms. The van der Waals surface area contributed by atoms with Gasteiger partial charge < -0.3 is 10.1 Å². The molecule has 20 heavy (non-hydrogen) atoms. The molecule has 2 rings (SSSR count). The molecule has 0 unspecified atom stereocenters. The number of nitrogens with zero attached hydrogens (tertiary/aromatic N) is 1. The second kappa shape index (κ2) is 7.76. The number of amides is 1. The van der Waals surface area contributed by atoms with Gasteiger partial charge in [-0.1, -0.05) is 22.0 Å². The molecule has 0 aromatic heterocycles. The fourth-order valence-electron chi connectivity index (χ4n) is 2.28. The van der Waals surface area contributed by atoms with E-state index in [1.807, 2.05) is 25.1 Å². The molecule has 1 N–H and O–H groups in total. The summed E-state index contributed by atoms with van der Waals surface area (Å²) in [6, 6.07) is 5.70. The van der Waals surface area contributed by atoms with Crippen LogP contribution in [0.15, 0.2) is 22.7 Å². The first-order valence-corrected chi connectivity index (χ1v) is 7.81. The quantitative estimate of drug-likeness (QED) is 0.835. The van der Waals surface area contributed by atoms with Gasteiger partial charge >= 0.3 is 0 Å². The van der Waals surface area contributed by atoms with Crippen molar-refractivity contribution in [1.82, 2.24) is 10.2 Å². The summed E-state index contributed by atoms with van der Waals surface area (Å²) in [4.78, 5) is 14.5. The van der Waals surface area contributed by atoms with Crippen molar-refractivity contribution < 1.29 is 9.53 Å². The van der Waals surface area contributed by atoms with Gasteiger partial charge in [-0.15, -0.1) is 0 Å². The summed E-state index contributed by atoms with van der Waals surface area (Å²) in [5.41, 5.74) is 1.73. The third-order valence-electron chi connectivity index (χ3n) is 3.55. The van der Waals surface area contributed by atoms with Crippen LogP contribution in [-0.4, -0.2) is 50.2 Å². The number of halogens is 1. The number of ether oxygens (including phenoxy) is 1. The van der Waals surface area contributed by atoms with Gasteiger partial charge in [0.05, 0.1) is 13.2 Å². The second-order valence-corrected chi connectivity index (χ2v) is 5.83. The third kappa shape index (κ3) is 4.30. The molecular formula is C15H21BrN2O2. The highest BCUT2D eigenvalue weighted by atomic mass is 79.9. The SMILES string of the molecule is Cc1c(Br)cccc1C(=O)NCCCN1CCOCC1. The van der Waals surface area contributed by atoms with Crippen LogP contribution in [0.1, 0.15) is 22.3 Å². The first kappa shape index (κ1) is 15.5. The molecule has 0 saturated carbocycles. The van der Waals surface area contributed by atoms with Gasteiger partial charge in [0.1, 0.15) is 0 Å². The Morgan fingerprint density at radius 3 is 2.90 bits per heavy atom. The minimum Gasteiger partial charge on any atom is -0.379 e. The van der Waals surface area contributed by atoms with Crippen molar-refractivity contribution >= 4 is 21.8 Å². The van der Waals surface area contributed by atoms with Crippen molar-refractivity contribution in [3.63, 3.8) is 0 Å². The first-order valence-electron chi connectivity index (χ1n) is 7.02. The summed E-state index contributed by atoms with van der Waals surface area (Å²) >= 11 is 3.45. The van der Waals surface area contributed by atoms with Crippen LogP contribution in [0.5, 0.6) is 0 Å². The van der Waals surface area contributed by atoms with Crippen molar-refractivity contribution in [2.45, 2.75) is 13.3 Å². The van der Waals surface area contributed by atoms with Crippen LogP contribution >= 0.6 is 15.9 Å². The predicted octanol–water partition coefficient (Wildman–Crippen LogP) is 2.21. The van der Waals surface area contributed by atoms with E-state index < -0.39 is 0 Å². The number of benzene rings is 1. The number of rotatable bonds is 5. The van der Waals surface area contributed by atoms with Gasteiger partial charge in [0, 0.05) is 29.7 Å². The second-order valence-electron chi connectivity index (χ2n) is 4.98. The van der Waals surface area contributed by atoms with Crippen molar-refractivity contribution in [2.24, 2.45) is 0 Å². The zero-order valence-electron chi connectivity index (χ0n) is 11.8. The smallest absolute Gasteiger partial charge is 0.251 e. The minimum absolute atomic E-state index is 0.00535. The van der Waals surface area contributed by atoms with E-state index in [-0.39, 0.29) is 5.91 Å². The Hall–Kier alpha value is -0.910. The number of hydrogen-bond donors (Lipinski definition) is 1. The Balaban J connectivity index is 1.73. The molecule has 1 aromatic carbocycles. The molecule has 0 bridgehead atoms. The van der Waals surface area contributed by atoms with Gasteiger partial charge in [0.25, 0.3) is 5.91 Å². The average molecular weight is 341 g/mol. The van der Waals surface area contributed by atoms with Crippen LogP contribution in [-0.2, 0) is 4.74 Å². The van der Waals surface area contributed by atoms with Crippen molar-refractivity contribution in [1.29, 1.82) is 0 Å². The normalized spacial score (nSPS) is 16.1. The minimum atomic E-state index is 0.00535. The van der Waals surface area contributed by atoms with Gasteiger partial charge in [-0.25, -0.2) is 0 Å². The summed E-state index contributed by atoms with van der Waals surface area (Å²) < 4.78 is 6.28. The van der Waals surface area contributed by atoms with E-state index in [0.717, 1.165) is 54.9 Å². The van der Waals surface area contributed by atoms with Gasteiger partial charge in [-0.3, -0.25) is 9.69 Å². The monoisotopic (exact) mass is 340 g/mol. The van der Waals surface area contributed by atoms with Crippen LogP contribution in [0.3, 0.4) is 0 Å². The molecule has 1 saturated heterocycles. The molecule has 1 heterocycles. The highest BCUT2D eigenvalue weighted by Crippen LogP contribution is 2.19. The lowest BCUT2D eigenvalue weighted by Crippen LogP contribution is -2.38. The molecule has 0 aliphatic carbocycles. The Bertz CT molecular complexity index is 459. The molecule has 1 aliphatic rings. The van der Waals surface area contributed by atoms with Gasteiger partial charge in [-0.2, -0.15) is 0 Å². The van der Waals surface area contributed by atoms with E-state index in [2.05, 4.69) is 26.1 Å². The van der Waals surface area contributed by atoms with E-state index in [1.54, 1.807) is 0 Å². The zero-order chi connectivity index (χ0) is 14.4. The van der Waals surface area contributed by atoms with Crippen molar-refractivity contribution in [2.75, 3.05) is 39.4 Å². The number of morpholine rings is 1. The van der Waals surface area contributed by atoms with E-state index in [1.165, 1.54) is 0 Å². The van der Waals surface area contributed by atoms with E-state index in [0.29, 0.717) is 6.54 Å². The Kier molecular flexibility index (Phi) is 6.01. The molecule has 0 atom stereocenters. The van der Waals surface area contributed by atoms with Crippen LogP contribution in [0.4, 0.5) is 0 Å². The predicted molar refractivity (Wildman–Crippen MR) is 83.1 cm³/mol. The summed E-state index contributed by atoms with van der Waals surface area (Å²) in [7, 11) is 0. The van der Waals surface area contributed by atoms with Crippen LogP contribution in [0.2, 0.25) is 0 Å². The maximum atomic E-state index is 12.1. The molecule has 0 radical (unpaired) electrons. The average Bonchev–Trinajstić information content (AvgIpc) is 2.47. The fraction of sp³-hybridized carbons (Fsp3) is 0.533. The lowest BCUT2D eigenvalue weighted by molar-refractivity contribution is 0.0374. The Morgan fingerprint density at radius 1 is 1.40 bits per heavy atom. The molecule has 4 nitrogen and oxygen atoms in total. The standard InChI is InChI=1S/C15H21BrN2O2/c1-12-13(4-2-5-14(12)16)15(19)17-6-3-7-18-8-10-20-11-9-18/h2,4-5H,3,6-11H2,1H3,(H,17,19). The topological polar surface area (TPSA) is 41.6 Å². The fourth-order valence-corrected chi connectivity index (χ4v) is 2.64. The molecule has 1 amide bonds. The lowest BCUT2D eigenvalue weighted by atomic mass is 10.1. The lowest BCUT2D eigenvalue weighted by Gasteiger charge is -2.26. The van der Waals surface area contributed by atoms with E-state index in [9.17, 15) is 4.79 Å². The summed E-state index contributed by atoms with van der Waals surface area (Å²) in [6.07, 6.45) is 0.971. The van der Waals surface area contributed by atoms with E-state index >= 15 is 0 Å². The summed E-state index contributed by atoms with van der Waals surface area (Å²) in [5.74, 6) is 0.00535. The molecule has 1 fully saturated rings. The van der Waals surface area contributed by atoms with Gasteiger partial charge in [0.2, 0.25) is 0 Å². The number of hydrogen-bond acceptors (Lipinski definition) is 3. The van der Waals surface area contributed by atoms with Crippen LogP contribution in [0.25, 0.3) is 0 Å². The molecule has 110 valence electrons.